The van der Waals surface area contributed by atoms with Crippen LogP contribution in [-0.2, 0) is 14.8 Å². The number of hydrogen-bond donors (Lipinski definition) is 2. The highest BCUT2D eigenvalue weighted by Gasteiger charge is 2.19. The van der Waals surface area contributed by atoms with Crippen LogP contribution in [0.15, 0.2) is 34.5 Å². The number of halogens is 1. The van der Waals surface area contributed by atoms with Crippen molar-refractivity contribution in [3.63, 3.8) is 0 Å². The Bertz CT molecular complexity index is 848. The molecule has 2 heterocycles. The first kappa shape index (κ1) is 18.1. The average Bonchev–Trinajstić information content (AvgIpc) is 3.11. The van der Waals surface area contributed by atoms with Crippen LogP contribution in [0.3, 0.4) is 0 Å². The first-order valence-electron chi connectivity index (χ1n) is 7.32. The number of benzene rings is 1. The van der Waals surface area contributed by atoms with E-state index in [0.29, 0.717) is 36.5 Å². The summed E-state index contributed by atoms with van der Waals surface area (Å²) >= 11 is 7.05. The Labute approximate surface area is 153 Å². The lowest BCUT2D eigenvalue weighted by molar-refractivity contribution is 0.0940. The zero-order valence-corrected chi connectivity index (χ0v) is 15.3. The van der Waals surface area contributed by atoms with Gasteiger partial charge in [0, 0.05) is 23.5 Å². The van der Waals surface area contributed by atoms with Crippen molar-refractivity contribution in [2.75, 3.05) is 31.2 Å². The maximum absolute atomic E-state index is 12.1. The number of sulfonamides is 1. The van der Waals surface area contributed by atoms with Crippen molar-refractivity contribution in [2.45, 2.75) is 4.90 Å². The fraction of sp³-hybridized carbons (Fsp3) is 0.286. The highest BCUT2D eigenvalue weighted by molar-refractivity contribution is 7.89. The molecule has 1 aromatic heterocycles. The average molecular weight is 403 g/mol. The summed E-state index contributed by atoms with van der Waals surface area (Å²) in [6, 6.07) is 5.59. The van der Waals surface area contributed by atoms with Crippen LogP contribution >= 0.6 is 22.9 Å². The van der Waals surface area contributed by atoms with Gasteiger partial charge in [-0.3, -0.25) is 10.2 Å². The monoisotopic (exact) mass is 402 g/mol. The summed E-state index contributed by atoms with van der Waals surface area (Å²) in [6.45, 7) is 2.64. The molecule has 134 valence electrons. The summed E-state index contributed by atoms with van der Waals surface area (Å²) in [5.41, 5.74) is 2.30. The number of ether oxygens (including phenoxy) is 1. The van der Waals surface area contributed by atoms with E-state index in [1.807, 2.05) is 9.73 Å². The van der Waals surface area contributed by atoms with Crippen LogP contribution in [0, 0.1) is 0 Å². The predicted molar refractivity (Wildman–Crippen MR) is 94.4 cm³/mol. The number of morpholine rings is 1. The Morgan fingerprint density at radius 1 is 1.24 bits per heavy atom. The molecule has 0 spiro atoms. The second-order valence-corrected chi connectivity index (χ2v) is 8.08. The molecular weight excluding hydrogens is 388 g/mol. The summed E-state index contributed by atoms with van der Waals surface area (Å²) in [7, 11) is -3.89. The Hall–Kier alpha value is -1.72. The highest BCUT2D eigenvalue weighted by atomic mass is 35.5. The number of aromatic nitrogens is 1. The Kier molecular flexibility index (Phi) is 5.54. The van der Waals surface area contributed by atoms with E-state index in [0.717, 1.165) is 0 Å². The SMILES string of the molecule is O=C(NNS(=O)(=O)c1ccc(Cl)cc1)c1csc(N2CCOCC2)n1. The van der Waals surface area contributed by atoms with Gasteiger partial charge < -0.3 is 9.64 Å². The molecule has 1 aliphatic heterocycles. The molecule has 1 amide bonds. The third-order valence-electron chi connectivity index (χ3n) is 3.43. The van der Waals surface area contributed by atoms with Gasteiger partial charge >= 0.3 is 0 Å². The topological polar surface area (TPSA) is 101 Å². The van der Waals surface area contributed by atoms with Gasteiger partial charge in [0.2, 0.25) is 0 Å². The minimum absolute atomic E-state index is 0.00974. The summed E-state index contributed by atoms with van der Waals surface area (Å²) in [6.07, 6.45) is 0. The van der Waals surface area contributed by atoms with Gasteiger partial charge in [-0.2, -0.15) is 0 Å². The number of carbonyl (C=O) groups is 1. The van der Waals surface area contributed by atoms with Gasteiger partial charge in [-0.1, -0.05) is 11.6 Å². The molecule has 0 aliphatic carbocycles. The largest absolute Gasteiger partial charge is 0.378 e. The molecule has 3 rings (SSSR count). The van der Waals surface area contributed by atoms with Gasteiger partial charge in [0.25, 0.3) is 15.9 Å². The summed E-state index contributed by atoms with van der Waals surface area (Å²) < 4.78 is 29.5. The maximum Gasteiger partial charge on any atom is 0.285 e. The zero-order valence-electron chi connectivity index (χ0n) is 12.9. The van der Waals surface area contributed by atoms with E-state index >= 15 is 0 Å². The van der Waals surface area contributed by atoms with Gasteiger partial charge in [0.1, 0.15) is 5.69 Å². The standard InChI is InChI=1S/C14H15ClN4O4S2/c15-10-1-3-11(4-2-10)25(21,22)18-17-13(20)12-9-24-14(16-12)19-5-7-23-8-6-19/h1-4,9,18H,5-8H2,(H,17,20). The van der Waals surface area contributed by atoms with Crippen molar-refractivity contribution in [1.29, 1.82) is 0 Å². The molecule has 0 radical (unpaired) electrons. The van der Waals surface area contributed by atoms with Crippen molar-refractivity contribution >= 4 is 44.0 Å². The van der Waals surface area contributed by atoms with Crippen molar-refractivity contribution in [1.82, 2.24) is 15.2 Å². The quantitative estimate of drug-likeness (QED) is 0.730. The second kappa shape index (κ2) is 7.67. The van der Waals surface area contributed by atoms with E-state index in [9.17, 15) is 13.2 Å². The molecule has 2 N–H and O–H groups in total. The molecule has 1 aliphatic rings. The van der Waals surface area contributed by atoms with Gasteiger partial charge in [0.05, 0.1) is 18.1 Å². The van der Waals surface area contributed by atoms with Crippen LogP contribution in [0.2, 0.25) is 5.02 Å². The van der Waals surface area contributed by atoms with E-state index in [1.165, 1.54) is 35.6 Å². The number of rotatable bonds is 5. The van der Waals surface area contributed by atoms with Gasteiger partial charge in [-0.05, 0) is 24.3 Å². The van der Waals surface area contributed by atoms with E-state index in [2.05, 4.69) is 10.4 Å². The normalized spacial score (nSPS) is 15.2. The van der Waals surface area contributed by atoms with Crippen molar-refractivity contribution in [3.05, 3.63) is 40.4 Å². The minimum Gasteiger partial charge on any atom is -0.378 e. The van der Waals surface area contributed by atoms with Gasteiger partial charge in [-0.25, -0.2) is 13.4 Å². The summed E-state index contributed by atoms with van der Waals surface area (Å²) in [5.74, 6) is -0.631. The predicted octanol–water partition coefficient (Wildman–Crippen LogP) is 1.26. The second-order valence-electron chi connectivity index (χ2n) is 5.13. The van der Waals surface area contributed by atoms with Crippen LogP contribution in [-0.4, -0.2) is 45.6 Å². The van der Waals surface area contributed by atoms with Gasteiger partial charge in [0.15, 0.2) is 5.13 Å². The number of nitrogens with zero attached hydrogens (tertiary/aromatic N) is 2. The zero-order chi connectivity index (χ0) is 17.9. The molecule has 2 aromatic rings. The van der Waals surface area contributed by atoms with Crippen LogP contribution in [0.1, 0.15) is 10.5 Å². The van der Waals surface area contributed by atoms with E-state index < -0.39 is 15.9 Å². The molecule has 1 aromatic carbocycles. The molecule has 0 bridgehead atoms. The van der Waals surface area contributed by atoms with Crippen molar-refractivity contribution in [3.8, 4) is 0 Å². The fourth-order valence-electron chi connectivity index (χ4n) is 2.12. The molecule has 0 saturated carbocycles. The number of thiazole rings is 1. The number of hydrazine groups is 1. The molecule has 8 nitrogen and oxygen atoms in total. The maximum atomic E-state index is 12.1. The van der Waals surface area contributed by atoms with E-state index in [4.69, 9.17) is 16.3 Å². The Balaban J connectivity index is 1.62. The summed E-state index contributed by atoms with van der Waals surface area (Å²) in [4.78, 5) is 20.4. The van der Waals surface area contributed by atoms with Crippen LogP contribution in [0.4, 0.5) is 5.13 Å². The lowest BCUT2D eigenvalue weighted by Gasteiger charge is -2.25. The molecule has 25 heavy (non-hydrogen) atoms. The lowest BCUT2D eigenvalue weighted by Crippen LogP contribution is -2.41. The molecule has 11 heteroatoms. The third kappa shape index (κ3) is 4.47. The minimum atomic E-state index is -3.89. The first-order chi connectivity index (χ1) is 12.0. The Morgan fingerprint density at radius 2 is 1.92 bits per heavy atom. The number of hydrogen-bond acceptors (Lipinski definition) is 7. The van der Waals surface area contributed by atoms with E-state index in [-0.39, 0.29) is 10.6 Å². The molecule has 1 saturated heterocycles. The number of amides is 1. The summed E-state index contributed by atoms with van der Waals surface area (Å²) in [5, 5.41) is 2.70. The van der Waals surface area contributed by atoms with Crippen LogP contribution < -0.4 is 15.2 Å². The molecular formula is C14H15ClN4O4S2. The smallest absolute Gasteiger partial charge is 0.285 e. The number of nitrogens with one attached hydrogen (secondary N) is 2. The van der Waals surface area contributed by atoms with Crippen molar-refractivity contribution in [2.24, 2.45) is 0 Å². The molecule has 0 unspecified atom stereocenters. The van der Waals surface area contributed by atoms with Crippen LogP contribution in [0.25, 0.3) is 0 Å². The number of carbonyl (C=O) groups excluding carboxylic acids is 1. The van der Waals surface area contributed by atoms with Crippen LogP contribution in [0.5, 0.6) is 0 Å². The lowest BCUT2D eigenvalue weighted by atomic mass is 10.4. The third-order valence-corrected chi connectivity index (χ3v) is 5.85. The van der Waals surface area contributed by atoms with Crippen molar-refractivity contribution < 1.29 is 17.9 Å². The molecule has 0 atom stereocenters. The fourth-order valence-corrected chi connectivity index (χ4v) is 3.94. The first-order valence-corrected chi connectivity index (χ1v) is 10.1. The van der Waals surface area contributed by atoms with Gasteiger partial charge in [-0.15, -0.1) is 16.2 Å². The Morgan fingerprint density at radius 3 is 2.60 bits per heavy atom. The molecule has 1 fully saturated rings. The van der Waals surface area contributed by atoms with E-state index in [1.54, 1.807) is 5.38 Å². The highest BCUT2D eigenvalue weighted by Crippen LogP contribution is 2.21. The number of anilines is 1.